The van der Waals surface area contributed by atoms with Gasteiger partial charge >= 0.3 is 0 Å². The largest absolute Gasteiger partial charge is 0.311 e. The minimum atomic E-state index is 0.938. The summed E-state index contributed by atoms with van der Waals surface area (Å²) >= 11 is 0. The van der Waals surface area contributed by atoms with Gasteiger partial charge in [0.15, 0.2) is 0 Å². The molecule has 0 saturated carbocycles. The summed E-state index contributed by atoms with van der Waals surface area (Å²) in [6, 6.07) is 50.5. The topological polar surface area (TPSA) is 8.17 Å². The van der Waals surface area contributed by atoms with E-state index in [0.29, 0.717) is 0 Å². The number of benzene rings is 6. The molecule has 6 aromatic carbocycles. The van der Waals surface area contributed by atoms with Crippen molar-refractivity contribution < 1.29 is 0 Å². The lowest BCUT2D eigenvalue weighted by atomic mass is 10.0. The molecule has 0 aliphatic heterocycles. The molecule has 1 heterocycles. The van der Waals surface area contributed by atoms with E-state index in [1.165, 1.54) is 60.9 Å². The number of rotatable bonds is 7. The molecule has 0 amide bonds. The van der Waals surface area contributed by atoms with Crippen LogP contribution in [0.5, 0.6) is 0 Å². The van der Waals surface area contributed by atoms with Gasteiger partial charge < -0.3 is 9.47 Å². The van der Waals surface area contributed by atoms with Crippen molar-refractivity contribution in [2.75, 3.05) is 4.90 Å². The van der Waals surface area contributed by atoms with Crippen LogP contribution in [0, 0.1) is 0 Å². The molecule has 0 bridgehead atoms. The molecule has 2 heteroatoms. The van der Waals surface area contributed by atoms with Gasteiger partial charge in [-0.05, 0) is 113 Å². The van der Waals surface area contributed by atoms with Crippen LogP contribution in [-0.2, 0) is 0 Å². The Kier molecular flexibility index (Phi) is 7.19. The van der Waals surface area contributed by atoms with Crippen LogP contribution in [0.4, 0.5) is 11.4 Å². The number of anilines is 2. The van der Waals surface area contributed by atoms with Crippen LogP contribution in [0.3, 0.4) is 0 Å². The number of aromatic nitrogens is 1. The molecule has 226 valence electrons. The van der Waals surface area contributed by atoms with E-state index in [1.54, 1.807) is 0 Å². The highest BCUT2D eigenvalue weighted by atomic mass is 15.1. The predicted molar refractivity (Wildman–Crippen MR) is 202 cm³/mol. The number of nitrogens with zero attached hydrogens (tertiary/aromatic N) is 2. The molecule has 7 aromatic rings. The van der Waals surface area contributed by atoms with Gasteiger partial charge in [-0.25, -0.2) is 0 Å². The molecule has 0 saturated heterocycles. The second-order valence-electron chi connectivity index (χ2n) is 12.1. The van der Waals surface area contributed by atoms with Crippen LogP contribution >= 0.6 is 0 Å². The second kappa shape index (κ2) is 11.8. The zero-order valence-electron chi connectivity index (χ0n) is 26.8. The summed E-state index contributed by atoms with van der Waals surface area (Å²) in [4.78, 5) is 2.36. The Morgan fingerprint density at radius 1 is 0.617 bits per heavy atom. The molecule has 0 atom stereocenters. The van der Waals surface area contributed by atoms with Gasteiger partial charge in [0.25, 0.3) is 0 Å². The fraction of sp³-hybridized carbons (Fsp3) is 0.0667. The number of hydrogen-bond acceptors (Lipinski definition) is 1. The van der Waals surface area contributed by atoms with Crippen LogP contribution in [0.25, 0.3) is 55.3 Å². The Balaban J connectivity index is 1.21. The van der Waals surface area contributed by atoms with E-state index in [9.17, 15) is 0 Å². The Bertz CT molecular complexity index is 2350. The van der Waals surface area contributed by atoms with Crippen LogP contribution in [0.15, 0.2) is 170 Å². The van der Waals surface area contributed by atoms with E-state index >= 15 is 0 Å². The third-order valence-electron chi connectivity index (χ3n) is 9.28. The van der Waals surface area contributed by atoms with E-state index in [0.717, 1.165) is 29.1 Å². The maximum atomic E-state index is 4.48. The van der Waals surface area contributed by atoms with E-state index in [4.69, 9.17) is 0 Å². The van der Waals surface area contributed by atoms with E-state index in [-0.39, 0.29) is 0 Å². The Labute approximate surface area is 276 Å². The third kappa shape index (κ3) is 4.81. The molecule has 8 rings (SSSR count). The first kappa shape index (κ1) is 28.6. The monoisotopic (exact) mass is 604 g/mol. The van der Waals surface area contributed by atoms with Gasteiger partial charge in [0, 0.05) is 33.5 Å². The van der Waals surface area contributed by atoms with Crippen molar-refractivity contribution in [2.45, 2.75) is 20.3 Å². The number of hydrogen-bond donors (Lipinski definition) is 0. The Morgan fingerprint density at radius 2 is 1.28 bits per heavy atom. The van der Waals surface area contributed by atoms with Gasteiger partial charge in [0.2, 0.25) is 0 Å². The zero-order chi connectivity index (χ0) is 31.9. The third-order valence-corrected chi connectivity index (χ3v) is 9.28. The summed E-state index contributed by atoms with van der Waals surface area (Å²) < 4.78 is 2.36. The van der Waals surface area contributed by atoms with Crippen molar-refractivity contribution in [2.24, 2.45) is 0 Å². The first-order valence-corrected chi connectivity index (χ1v) is 16.4. The molecule has 0 N–H and O–H groups in total. The minimum absolute atomic E-state index is 0.938. The number of fused-ring (bicyclic) bond motifs is 6. The molecule has 1 aliphatic carbocycles. The lowest BCUT2D eigenvalue weighted by Crippen LogP contribution is -2.15. The second-order valence-corrected chi connectivity index (χ2v) is 12.1. The van der Waals surface area contributed by atoms with Crippen molar-refractivity contribution in [3.05, 3.63) is 181 Å². The minimum Gasteiger partial charge on any atom is -0.311 e. The molecular formula is C45H36N2. The molecule has 47 heavy (non-hydrogen) atoms. The number of allylic oxidation sites excluding steroid dienone is 3. The summed E-state index contributed by atoms with van der Waals surface area (Å²) in [7, 11) is 0. The maximum Gasteiger partial charge on any atom is 0.0541 e. The SMILES string of the molecule is C=C1c2ccccc2-c2ccc(N(C(/C=C\C)=C/CC)c3ccc(-c4ccc5c(c4)c4ccccc4n5-c4ccccc4)cc3)cc21. The van der Waals surface area contributed by atoms with Crippen molar-refractivity contribution in [1.82, 2.24) is 4.57 Å². The normalized spacial score (nSPS) is 12.6. The van der Waals surface area contributed by atoms with Crippen molar-refractivity contribution in [3.63, 3.8) is 0 Å². The van der Waals surface area contributed by atoms with Crippen molar-refractivity contribution >= 4 is 38.8 Å². The van der Waals surface area contributed by atoms with Gasteiger partial charge in [-0.2, -0.15) is 0 Å². The average molecular weight is 605 g/mol. The van der Waals surface area contributed by atoms with E-state index < -0.39 is 0 Å². The Morgan fingerprint density at radius 3 is 2.06 bits per heavy atom. The molecule has 0 unspecified atom stereocenters. The molecule has 2 nitrogen and oxygen atoms in total. The lowest BCUT2D eigenvalue weighted by molar-refractivity contribution is 1.13. The molecule has 0 spiro atoms. The molecular weight excluding hydrogens is 569 g/mol. The van der Waals surface area contributed by atoms with E-state index in [1.807, 2.05) is 0 Å². The Hall–Kier alpha value is -5.86. The smallest absolute Gasteiger partial charge is 0.0541 e. The van der Waals surface area contributed by atoms with Crippen LogP contribution in [0.1, 0.15) is 31.4 Å². The lowest BCUT2D eigenvalue weighted by Gasteiger charge is -2.27. The van der Waals surface area contributed by atoms with Crippen LogP contribution in [0.2, 0.25) is 0 Å². The molecule has 0 fully saturated rings. The van der Waals surface area contributed by atoms with Crippen LogP contribution < -0.4 is 4.90 Å². The zero-order valence-corrected chi connectivity index (χ0v) is 26.8. The van der Waals surface area contributed by atoms with Gasteiger partial charge in [0.1, 0.15) is 0 Å². The summed E-state index contributed by atoms with van der Waals surface area (Å²) in [6.45, 7) is 8.75. The highest BCUT2D eigenvalue weighted by Crippen LogP contribution is 2.46. The maximum absolute atomic E-state index is 4.48. The summed E-state index contributed by atoms with van der Waals surface area (Å²) in [5.74, 6) is 0. The average Bonchev–Trinajstić information content (AvgIpc) is 3.60. The quantitative estimate of drug-likeness (QED) is 0.164. The molecule has 1 aliphatic rings. The summed E-state index contributed by atoms with van der Waals surface area (Å²) in [6.07, 6.45) is 7.55. The first-order chi connectivity index (χ1) is 23.2. The van der Waals surface area contributed by atoms with Gasteiger partial charge in [-0.15, -0.1) is 0 Å². The fourth-order valence-electron chi connectivity index (χ4n) is 7.15. The van der Waals surface area contributed by atoms with E-state index in [2.05, 4.69) is 188 Å². The van der Waals surface area contributed by atoms with Crippen molar-refractivity contribution in [1.29, 1.82) is 0 Å². The van der Waals surface area contributed by atoms with Gasteiger partial charge in [0.05, 0.1) is 11.0 Å². The highest BCUT2D eigenvalue weighted by Gasteiger charge is 2.24. The highest BCUT2D eigenvalue weighted by molar-refractivity contribution is 6.10. The van der Waals surface area contributed by atoms with Gasteiger partial charge in [-0.3, -0.25) is 0 Å². The first-order valence-electron chi connectivity index (χ1n) is 16.4. The summed E-state index contributed by atoms with van der Waals surface area (Å²) in [5.41, 5.74) is 15.4. The molecule has 0 radical (unpaired) electrons. The molecule has 1 aromatic heterocycles. The van der Waals surface area contributed by atoms with Crippen LogP contribution in [-0.4, -0.2) is 4.57 Å². The number of para-hydroxylation sites is 2. The standard InChI is InChI=1S/C45H36N2/c1-4-13-34(14-5-2)46(37-26-27-40-39-18-10-9-17-38(39)31(3)42(40)30-37)36-24-21-32(22-25-36)33-23-28-45-43(29-33)41-19-11-12-20-44(41)47(45)35-15-7-6-8-16-35/h4,6-30H,3,5H2,1-2H3/b13-4-,34-14+. The predicted octanol–water partition coefficient (Wildman–Crippen LogP) is 12.5. The van der Waals surface area contributed by atoms with Crippen molar-refractivity contribution in [3.8, 4) is 27.9 Å². The summed E-state index contributed by atoms with van der Waals surface area (Å²) in [5, 5.41) is 2.52. The fourth-order valence-corrected chi connectivity index (χ4v) is 7.15. The van der Waals surface area contributed by atoms with Gasteiger partial charge in [-0.1, -0.05) is 111 Å².